The lowest BCUT2D eigenvalue weighted by molar-refractivity contribution is -0.130. The summed E-state index contributed by atoms with van der Waals surface area (Å²) in [6, 6.07) is 0.182. The largest absolute Gasteiger partial charge is 0.346 e. The number of rotatable bonds is 6. The van der Waals surface area contributed by atoms with Crippen LogP contribution in [0.1, 0.15) is 39.5 Å². The molecule has 0 aliphatic heterocycles. The van der Waals surface area contributed by atoms with Crippen molar-refractivity contribution in [1.82, 2.24) is 4.90 Å². The molecule has 3 nitrogen and oxygen atoms in total. The highest BCUT2D eigenvalue weighted by atomic mass is 16.2. The minimum atomic E-state index is 0.182. The molecule has 1 amide bonds. The van der Waals surface area contributed by atoms with Crippen LogP contribution < -0.4 is 5.73 Å². The molecule has 0 saturated carbocycles. The molecular formula is C10H22N2O. The zero-order valence-electron chi connectivity index (χ0n) is 9.05. The normalized spacial score (nSPS) is 12.6. The van der Waals surface area contributed by atoms with Gasteiger partial charge in [0.2, 0.25) is 5.91 Å². The lowest BCUT2D eigenvalue weighted by Crippen LogP contribution is -2.31. The molecular weight excluding hydrogens is 164 g/mol. The first-order valence-corrected chi connectivity index (χ1v) is 5.07. The van der Waals surface area contributed by atoms with Crippen LogP contribution in [-0.2, 0) is 4.79 Å². The van der Waals surface area contributed by atoms with Crippen molar-refractivity contribution in [3.8, 4) is 0 Å². The fraction of sp³-hybridized carbons (Fsp3) is 0.900. The lowest BCUT2D eigenvalue weighted by Gasteiger charge is -2.17. The van der Waals surface area contributed by atoms with Crippen LogP contribution in [0, 0.1) is 0 Å². The van der Waals surface area contributed by atoms with Crippen LogP contribution in [-0.4, -0.2) is 30.4 Å². The topological polar surface area (TPSA) is 46.3 Å². The number of carbonyl (C=O) groups is 1. The number of amides is 1. The van der Waals surface area contributed by atoms with Crippen molar-refractivity contribution < 1.29 is 4.79 Å². The quantitative estimate of drug-likeness (QED) is 0.681. The molecule has 0 spiro atoms. The Hall–Kier alpha value is -0.570. The Morgan fingerprint density at radius 1 is 1.54 bits per heavy atom. The zero-order valence-corrected chi connectivity index (χ0v) is 9.05. The van der Waals surface area contributed by atoms with E-state index in [1.165, 1.54) is 0 Å². The minimum absolute atomic E-state index is 0.182. The van der Waals surface area contributed by atoms with Crippen LogP contribution in [0.25, 0.3) is 0 Å². The molecule has 3 heteroatoms. The highest BCUT2D eigenvalue weighted by Gasteiger charge is 2.07. The molecule has 2 N–H and O–H groups in total. The summed E-state index contributed by atoms with van der Waals surface area (Å²) in [5, 5.41) is 0. The molecule has 13 heavy (non-hydrogen) atoms. The van der Waals surface area contributed by atoms with Crippen molar-refractivity contribution in [2.24, 2.45) is 5.73 Å². The molecule has 0 aliphatic carbocycles. The minimum Gasteiger partial charge on any atom is -0.346 e. The number of carbonyl (C=O) groups excluding carboxylic acids is 1. The van der Waals surface area contributed by atoms with Gasteiger partial charge >= 0.3 is 0 Å². The van der Waals surface area contributed by atoms with E-state index in [1.54, 1.807) is 4.90 Å². The second-order valence-electron chi connectivity index (χ2n) is 3.68. The molecule has 0 bridgehead atoms. The standard InChI is InChI=1S/C10H22N2O/c1-4-5-6-10(13)12(3)8-7-9(2)11/h9H,4-8,11H2,1-3H3. The Balaban J connectivity index is 3.57. The fourth-order valence-corrected chi connectivity index (χ4v) is 1.04. The Kier molecular flexibility index (Phi) is 6.59. The van der Waals surface area contributed by atoms with Crippen molar-refractivity contribution >= 4 is 5.91 Å². The Labute approximate surface area is 81.3 Å². The van der Waals surface area contributed by atoms with E-state index in [4.69, 9.17) is 5.73 Å². The summed E-state index contributed by atoms with van der Waals surface area (Å²) in [5.41, 5.74) is 5.60. The summed E-state index contributed by atoms with van der Waals surface area (Å²) in [5.74, 6) is 0.238. The van der Waals surface area contributed by atoms with Crippen molar-refractivity contribution in [3.63, 3.8) is 0 Å². The SMILES string of the molecule is CCCCC(=O)N(C)CCC(C)N. The Bertz CT molecular complexity index is 146. The van der Waals surface area contributed by atoms with Gasteiger partial charge in [0, 0.05) is 26.1 Å². The smallest absolute Gasteiger partial charge is 0.222 e. The van der Waals surface area contributed by atoms with Gasteiger partial charge in [-0.1, -0.05) is 13.3 Å². The number of hydrogen-bond donors (Lipinski definition) is 1. The summed E-state index contributed by atoms with van der Waals surface area (Å²) in [4.78, 5) is 13.2. The van der Waals surface area contributed by atoms with Gasteiger partial charge in [-0.05, 0) is 19.8 Å². The highest BCUT2D eigenvalue weighted by Crippen LogP contribution is 2.00. The van der Waals surface area contributed by atoms with Gasteiger partial charge in [0.05, 0.1) is 0 Å². The van der Waals surface area contributed by atoms with Gasteiger partial charge in [0.25, 0.3) is 0 Å². The molecule has 0 aliphatic rings. The van der Waals surface area contributed by atoms with E-state index in [0.29, 0.717) is 6.42 Å². The van der Waals surface area contributed by atoms with Crippen LogP contribution in [0.2, 0.25) is 0 Å². The third-order valence-electron chi connectivity index (χ3n) is 2.09. The van der Waals surface area contributed by atoms with Gasteiger partial charge in [-0.15, -0.1) is 0 Å². The number of hydrogen-bond acceptors (Lipinski definition) is 2. The van der Waals surface area contributed by atoms with E-state index >= 15 is 0 Å². The molecule has 0 rings (SSSR count). The van der Waals surface area contributed by atoms with E-state index in [1.807, 2.05) is 14.0 Å². The maximum absolute atomic E-state index is 11.4. The Morgan fingerprint density at radius 3 is 2.62 bits per heavy atom. The van der Waals surface area contributed by atoms with Crippen LogP contribution in [0.5, 0.6) is 0 Å². The summed E-state index contributed by atoms with van der Waals surface area (Å²) in [7, 11) is 1.85. The molecule has 0 fully saturated rings. The number of nitrogens with zero attached hydrogens (tertiary/aromatic N) is 1. The summed E-state index contributed by atoms with van der Waals surface area (Å²) >= 11 is 0. The van der Waals surface area contributed by atoms with Gasteiger partial charge in [0.15, 0.2) is 0 Å². The first-order valence-electron chi connectivity index (χ1n) is 5.07. The van der Waals surface area contributed by atoms with Crippen molar-refractivity contribution in [2.75, 3.05) is 13.6 Å². The highest BCUT2D eigenvalue weighted by molar-refractivity contribution is 5.75. The average molecular weight is 186 g/mol. The van der Waals surface area contributed by atoms with Crippen LogP contribution in [0.4, 0.5) is 0 Å². The molecule has 78 valence electrons. The number of nitrogens with two attached hydrogens (primary N) is 1. The molecule has 1 atom stereocenters. The van der Waals surface area contributed by atoms with Crippen molar-refractivity contribution in [2.45, 2.75) is 45.6 Å². The van der Waals surface area contributed by atoms with Crippen molar-refractivity contribution in [3.05, 3.63) is 0 Å². The predicted octanol–water partition coefficient (Wildman–Crippen LogP) is 1.37. The summed E-state index contributed by atoms with van der Waals surface area (Å²) in [6.07, 6.45) is 3.62. The first kappa shape index (κ1) is 12.4. The maximum Gasteiger partial charge on any atom is 0.222 e. The van der Waals surface area contributed by atoms with E-state index in [2.05, 4.69) is 6.92 Å². The van der Waals surface area contributed by atoms with Crippen LogP contribution in [0.3, 0.4) is 0 Å². The van der Waals surface area contributed by atoms with Gasteiger partial charge in [-0.3, -0.25) is 4.79 Å². The molecule has 0 aromatic rings. The van der Waals surface area contributed by atoms with Gasteiger partial charge < -0.3 is 10.6 Å². The second kappa shape index (κ2) is 6.89. The Morgan fingerprint density at radius 2 is 2.15 bits per heavy atom. The molecule has 0 saturated heterocycles. The van der Waals surface area contributed by atoms with E-state index in [9.17, 15) is 4.79 Å². The van der Waals surface area contributed by atoms with Gasteiger partial charge in [-0.25, -0.2) is 0 Å². The predicted molar refractivity (Wildman–Crippen MR) is 55.4 cm³/mol. The van der Waals surface area contributed by atoms with E-state index in [0.717, 1.165) is 25.8 Å². The van der Waals surface area contributed by atoms with E-state index in [-0.39, 0.29) is 11.9 Å². The monoisotopic (exact) mass is 186 g/mol. The van der Waals surface area contributed by atoms with Crippen molar-refractivity contribution in [1.29, 1.82) is 0 Å². The first-order chi connectivity index (χ1) is 6.07. The summed E-state index contributed by atoms with van der Waals surface area (Å²) in [6.45, 7) is 4.83. The zero-order chi connectivity index (χ0) is 10.3. The lowest BCUT2D eigenvalue weighted by atomic mass is 10.2. The maximum atomic E-state index is 11.4. The molecule has 0 radical (unpaired) electrons. The molecule has 1 unspecified atom stereocenters. The fourth-order valence-electron chi connectivity index (χ4n) is 1.04. The molecule has 0 aromatic carbocycles. The second-order valence-corrected chi connectivity index (χ2v) is 3.68. The average Bonchev–Trinajstić information content (AvgIpc) is 2.10. The number of unbranched alkanes of at least 4 members (excludes halogenated alkanes) is 1. The summed E-state index contributed by atoms with van der Waals surface area (Å²) < 4.78 is 0. The van der Waals surface area contributed by atoms with E-state index < -0.39 is 0 Å². The van der Waals surface area contributed by atoms with Gasteiger partial charge in [0.1, 0.15) is 0 Å². The third-order valence-corrected chi connectivity index (χ3v) is 2.09. The van der Waals surface area contributed by atoms with Gasteiger partial charge in [-0.2, -0.15) is 0 Å². The van der Waals surface area contributed by atoms with Crippen LogP contribution >= 0.6 is 0 Å². The molecule has 0 aromatic heterocycles. The third kappa shape index (κ3) is 6.58. The molecule has 0 heterocycles. The van der Waals surface area contributed by atoms with Crippen LogP contribution in [0.15, 0.2) is 0 Å².